The Kier molecular flexibility index (Phi) is 4.26. The van der Waals surface area contributed by atoms with E-state index in [1.165, 1.54) is 7.11 Å². The molecule has 0 saturated heterocycles. The van der Waals surface area contributed by atoms with Gasteiger partial charge < -0.3 is 15.8 Å². The number of benzene rings is 1. The summed E-state index contributed by atoms with van der Waals surface area (Å²) in [6, 6.07) is 5.92. The van der Waals surface area contributed by atoms with E-state index in [4.69, 9.17) is 10.5 Å². The molecule has 0 radical (unpaired) electrons. The number of anilines is 3. The zero-order valence-electron chi connectivity index (χ0n) is 10.8. The summed E-state index contributed by atoms with van der Waals surface area (Å²) in [7, 11) is 1.49. The van der Waals surface area contributed by atoms with Gasteiger partial charge in [-0.15, -0.1) is 0 Å². The second-order valence-corrected chi connectivity index (χ2v) is 5.07. The topological polar surface area (TPSA) is 60.2 Å². The Hall–Kier alpha value is -1.96. The van der Waals surface area contributed by atoms with Crippen molar-refractivity contribution < 1.29 is 17.9 Å². The van der Waals surface area contributed by atoms with Crippen LogP contribution in [-0.4, -0.2) is 12.1 Å². The molecule has 2 rings (SSSR count). The number of aromatic nitrogens is 1. The van der Waals surface area contributed by atoms with Crippen molar-refractivity contribution in [3.8, 4) is 5.75 Å². The van der Waals surface area contributed by atoms with Gasteiger partial charge in [0.25, 0.3) is 0 Å². The highest BCUT2D eigenvalue weighted by Crippen LogP contribution is 2.33. The molecule has 0 amide bonds. The number of pyridine rings is 1. The Morgan fingerprint density at radius 3 is 2.57 bits per heavy atom. The molecule has 1 heterocycles. The Morgan fingerprint density at radius 1 is 1.24 bits per heavy atom. The van der Waals surface area contributed by atoms with Crippen molar-refractivity contribution in [2.45, 2.75) is 6.18 Å². The van der Waals surface area contributed by atoms with Crippen LogP contribution in [-0.2, 0) is 6.18 Å². The third-order valence-corrected chi connectivity index (χ3v) is 3.07. The van der Waals surface area contributed by atoms with Crippen molar-refractivity contribution in [3.05, 3.63) is 40.6 Å². The van der Waals surface area contributed by atoms with Crippen molar-refractivity contribution in [2.24, 2.45) is 0 Å². The zero-order valence-corrected chi connectivity index (χ0v) is 12.4. The van der Waals surface area contributed by atoms with Crippen LogP contribution in [0.4, 0.5) is 30.2 Å². The average Bonchev–Trinajstić information content (AvgIpc) is 2.39. The number of rotatable bonds is 3. The quantitative estimate of drug-likeness (QED) is 0.859. The SMILES string of the molecule is COc1cc(Br)cc(Nc2cc(C(F)(F)F)ncc2N)c1. The normalized spacial score (nSPS) is 11.3. The highest BCUT2D eigenvalue weighted by molar-refractivity contribution is 9.10. The van der Waals surface area contributed by atoms with Gasteiger partial charge in [0.1, 0.15) is 11.4 Å². The lowest BCUT2D eigenvalue weighted by Gasteiger charge is -2.13. The Labute approximate surface area is 127 Å². The first kappa shape index (κ1) is 15.4. The molecule has 0 saturated carbocycles. The van der Waals surface area contributed by atoms with E-state index in [1.807, 2.05) is 0 Å². The number of methoxy groups -OCH3 is 1. The molecular formula is C13H11BrF3N3O. The van der Waals surface area contributed by atoms with Crippen LogP contribution in [0.15, 0.2) is 34.9 Å². The summed E-state index contributed by atoms with van der Waals surface area (Å²) in [6.07, 6.45) is -3.56. The van der Waals surface area contributed by atoms with Crippen LogP contribution in [0.25, 0.3) is 0 Å². The minimum absolute atomic E-state index is 0.113. The van der Waals surface area contributed by atoms with Crippen molar-refractivity contribution in [1.82, 2.24) is 4.98 Å². The maximum atomic E-state index is 12.7. The van der Waals surface area contributed by atoms with Crippen LogP contribution in [0, 0.1) is 0 Å². The molecule has 0 aliphatic rings. The van der Waals surface area contributed by atoms with Gasteiger partial charge in [-0.2, -0.15) is 13.2 Å². The van der Waals surface area contributed by atoms with Crippen LogP contribution < -0.4 is 15.8 Å². The molecule has 0 bridgehead atoms. The molecule has 0 aliphatic heterocycles. The van der Waals surface area contributed by atoms with Gasteiger partial charge in [-0.25, -0.2) is 4.98 Å². The highest BCUT2D eigenvalue weighted by atomic mass is 79.9. The van der Waals surface area contributed by atoms with E-state index in [0.717, 1.165) is 12.3 Å². The summed E-state index contributed by atoms with van der Waals surface area (Å²) in [4.78, 5) is 3.28. The van der Waals surface area contributed by atoms with Crippen LogP contribution in [0.2, 0.25) is 0 Å². The van der Waals surface area contributed by atoms with Crippen molar-refractivity contribution in [1.29, 1.82) is 0 Å². The molecular weight excluding hydrogens is 351 g/mol. The van der Waals surface area contributed by atoms with E-state index in [0.29, 0.717) is 15.9 Å². The largest absolute Gasteiger partial charge is 0.497 e. The van der Waals surface area contributed by atoms with Gasteiger partial charge in [0, 0.05) is 16.2 Å². The first-order chi connectivity index (χ1) is 9.79. The summed E-state index contributed by atoms with van der Waals surface area (Å²) in [5, 5.41) is 2.83. The fourth-order valence-electron chi connectivity index (χ4n) is 1.64. The van der Waals surface area contributed by atoms with E-state index in [2.05, 4.69) is 26.2 Å². The Bertz CT molecular complexity index is 662. The van der Waals surface area contributed by atoms with Crippen LogP contribution in [0.5, 0.6) is 5.75 Å². The molecule has 8 heteroatoms. The van der Waals surface area contributed by atoms with E-state index >= 15 is 0 Å². The number of nitrogen functional groups attached to an aromatic ring is 1. The van der Waals surface area contributed by atoms with Gasteiger partial charge in [-0.1, -0.05) is 15.9 Å². The lowest BCUT2D eigenvalue weighted by molar-refractivity contribution is -0.141. The van der Waals surface area contributed by atoms with Crippen LogP contribution >= 0.6 is 15.9 Å². The molecule has 0 unspecified atom stereocenters. The second kappa shape index (κ2) is 5.80. The molecule has 2 aromatic rings. The maximum absolute atomic E-state index is 12.7. The van der Waals surface area contributed by atoms with E-state index < -0.39 is 11.9 Å². The maximum Gasteiger partial charge on any atom is 0.433 e. The second-order valence-electron chi connectivity index (χ2n) is 4.16. The predicted octanol–water partition coefficient (Wildman–Crippen LogP) is 4.20. The molecule has 0 atom stereocenters. The van der Waals surface area contributed by atoms with Gasteiger partial charge in [-0.05, 0) is 18.2 Å². The van der Waals surface area contributed by atoms with Crippen LogP contribution in [0.1, 0.15) is 5.69 Å². The summed E-state index contributed by atoms with van der Waals surface area (Å²) in [5.74, 6) is 0.551. The van der Waals surface area contributed by atoms with Gasteiger partial charge in [0.05, 0.1) is 24.7 Å². The monoisotopic (exact) mass is 361 g/mol. The average molecular weight is 362 g/mol. The molecule has 0 spiro atoms. The van der Waals surface area contributed by atoms with Gasteiger partial charge in [-0.3, -0.25) is 0 Å². The smallest absolute Gasteiger partial charge is 0.433 e. The molecule has 3 N–H and O–H groups in total. The minimum atomic E-state index is -4.53. The third kappa shape index (κ3) is 3.78. The molecule has 21 heavy (non-hydrogen) atoms. The van der Waals surface area contributed by atoms with Gasteiger partial charge >= 0.3 is 6.18 Å². The fraction of sp³-hybridized carbons (Fsp3) is 0.154. The van der Waals surface area contributed by atoms with Crippen molar-refractivity contribution in [2.75, 3.05) is 18.2 Å². The van der Waals surface area contributed by atoms with Gasteiger partial charge in [0.2, 0.25) is 0 Å². The number of nitrogens with two attached hydrogens (primary N) is 1. The number of hydrogen-bond donors (Lipinski definition) is 2. The van der Waals surface area contributed by atoms with E-state index in [1.54, 1.807) is 18.2 Å². The molecule has 1 aromatic carbocycles. The number of ether oxygens (including phenoxy) is 1. The lowest BCUT2D eigenvalue weighted by Crippen LogP contribution is -2.09. The Morgan fingerprint density at radius 2 is 1.95 bits per heavy atom. The minimum Gasteiger partial charge on any atom is -0.497 e. The number of halogens is 4. The summed E-state index contributed by atoms with van der Waals surface area (Å²) >= 11 is 3.29. The first-order valence-electron chi connectivity index (χ1n) is 5.74. The molecule has 4 nitrogen and oxygen atoms in total. The fourth-order valence-corrected chi connectivity index (χ4v) is 2.11. The lowest BCUT2D eigenvalue weighted by atomic mass is 10.2. The molecule has 0 aliphatic carbocycles. The van der Waals surface area contributed by atoms with Gasteiger partial charge in [0.15, 0.2) is 0 Å². The number of nitrogens with zero attached hydrogens (tertiary/aromatic N) is 1. The van der Waals surface area contributed by atoms with E-state index in [9.17, 15) is 13.2 Å². The highest BCUT2D eigenvalue weighted by Gasteiger charge is 2.33. The number of alkyl halides is 3. The molecule has 112 valence electrons. The van der Waals surface area contributed by atoms with Crippen LogP contribution in [0.3, 0.4) is 0 Å². The Balaban J connectivity index is 2.37. The number of hydrogen-bond acceptors (Lipinski definition) is 4. The molecule has 0 fully saturated rings. The zero-order chi connectivity index (χ0) is 15.6. The third-order valence-electron chi connectivity index (χ3n) is 2.61. The predicted molar refractivity (Wildman–Crippen MR) is 77.6 cm³/mol. The summed E-state index contributed by atoms with van der Waals surface area (Å²) in [5.41, 5.74) is 5.41. The molecule has 1 aromatic heterocycles. The number of nitrogens with one attached hydrogen (secondary N) is 1. The summed E-state index contributed by atoms with van der Waals surface area (Å²) in [6.45, 7) is 0. The summed E-state index contributed by atoms with van der Waals surface area (Å²) < 4.78 is 43.8. The standard InChI is InChI=1S/C13H11BrF3N3O/c1-21-9-3-7(14)2-8(4-9)20-11-5-12(13(15,16)17)19-6-10(11)18/h2-6H,18H2,1H3,(H,19,20). The van der Waals surface area contributed by atoms with Crippen molar-refractivity contribution >= 4 is 33.0 Å². The van der Waals surface area contributed by atoms with Crippen molar-refractivity contribution in [3.63, 3.8) is 0 Å². The first-order valence-corrected chi connectivity index (χ1v) is 6.53. The van der Waals surface area contributed by atoms with E-state index in [-0.39, 0.29) is 11.4 Å².